The summed E-state index contributed by atoms with van der Waals surface area (Å²) in [5.74, 6) is 4.98. The smallest absolute Gasteiger partial charge is 0.224 e. The van der Waals surface area contributed by atoms with Gasteiger partial charge in [0.2, 0.25) is 5.91 Å². The van der Waals surface area contributed by atoms with E-state index in [1.54, 1.807) is 30.3 Å². The summed E-state index contributed by atoms with van der Waals surface area (Å²) in [6.07, 6.45) is 1.27. The monoisotopic (exact) mass is 228 g/mol. The fraction of sp³-hybridized carbons (Fsp3) is 0.231. The highest BCUT2D eigenvalue weighted by atomic mass is 16.1. The van der Waals surface area contributed by atoms with Crippen molar-refractivity contribution >= 4 is 11.6 Å². The number of carbonyl (C=O) groups is 1. The average molecular weight is 228 g/mol. The quantitative estimate of drug-likeness (QED) is 0.737. The number of carbonyl (C=O) groups excluding carboxylic acids is 1. The van der Waals surface area contributed by atoms with E-state index < -0.39 is 0 Å². The van der Waals surface area contributed by atoms with Gasteiger partial charge in [0.25, 0.3) is 0 Å². The molecule has 0 aliphatic heterocycles. The summed E-state index contributed by atoms with van der Waals surface area (Å²) < 4.78 is 0. The Morgan fingerprint density at radius 2 is 2.06 bits per heavy atom. The predicted octanol–water partition coefficient (Wildman–Crippen LogP) is 0.522. The molecular weight excluding hydrogens is 214 g/mol. The SMILES string of the molecule is N#CC#Cc1ccc(NC(=O)CCC[NH3+])cc1. The average Bonchev–Trinajstić information content (AvgIpc) is 2.35. The Morgan fingerprint density at radius 1 is 1.35 bits per heavy atom. The van der Waals surface area contributed by atoms with Crippen LogP contribution in [0.1, 0.15) is 18.4 Å². The summed E-state index contributed by atoms with van der Waals surface area (Å²) in [6, 6.07) is 8.81. The molecule has 4 heteroatoms. The van der Waals surface area contributed by atoms with Gasteiger partial charge in [-0.2, -0.15) is 5.26 Å². The van der Waals surface area contributed by atoms with Crippen molar-refractivity contribution in [2.24, 2.45) is 0 Å². The molecule has 1 aromatic rings. The maximum absolute atomic E-state index is 11.4. The van der Waals surface area contributed by atoms with E-state index in [9.17, 15) is 4.79 Å². The molecule has 0 unspecified atom stereocenters. The second-order valence-electron chi connectivity index (χ2n) is 3.44. The minimum atomic E-state index is -0.00971. The zero-order valence-corrected chi connectivity index (χ0v) is 9.49. The van der Waals surface area contributed by atoms with Crippen LogP contribution in [0.3, 0.4) is 0 Å². The lowest BCUT2D eigenvalue weighted by atomic mass is 10.2. The molecule has 17 heavy (non-hydrogen) atoms. The zero-order valence-electron chi connectivity index (χ0n) is 9.49. The van der Waals surface area contributed by atoms with Crippen LogP contribution in [0.2, 0.25) is 0 Å². The molecule has 0 bridgehead atoms. The second-order valence-corrected chi connectivity index (χ2v) is 3.44. The molecule has 0 aliphatic carbocycles. The van der Waals surface area contributed by atoms with Crippen molar-refractivity contribution in [1.82, 2.24) is 0 Å². The Balaban J connectivity index is 2.57. The summed E-state index contributed by atoms with van der Waals surface area (Å²) >= 11 is 0. The Morgan fingerprint density at radius 3 is 2.65 bits per heavy atom. The van der Waals surface area contributed by atoms with E-state index in [-0.39, 0.29) is 5.91 Å². The number of rotatable bonds is 4. The van der Waals surface area contributed by atoms with E-state index in [1.165, 1.54) is 0 Å². The lowest BCUT2D eigenvalue weighted by molar-refractivity contribution is -0.368. The Bertz CT molecular complexity index is 474. The number of hydrogen-bond acceptors (Lipinski definition) is 2. The van der Waals surface area contributed by atoms with Gasteiger partial charge in [0.1, 0.15) is 0 Å². The van der Waals surface area contributed by atoms with Crippen molar-refractivity contribution in [2.45, 2.75) is 12.8 Å². The second kappa shape index (κ2) is 7.05. The molecule has 0 saturated carbocycles. The van der Waals surface area contributed by atoms with Crippen LogP contribution >= 0.6 is 0 Å². The maximum Gasteiger partial charge on any atom is 0.224 e. The summed E-state index contributed by atoms with van der Waals surface area (Å²) in [5, 5.41) is 11.1. The maximum atomic E-state index is 11.4. The summed E-state index contributed by atoms with van der Waals surface area (Å²) in [7, 11) is 0. The zero-order chi connectivity index (χ0) is 12.5. The van der Waals surface area contributed by atoms with Gasteiger partial charge >= 0.3 is 0 Å². The topological polar surface area (TPSA) is 80.5 Å². The highest BCUT2D eigenvalue weighted by molar-refractivity contribution is 5.90. The van der Waals surface area contributed by atoms with Crippen LogP contribution in [-0.4, -0.2) is 12.5 Å². The molecule has 0 atom stereocenters. The number of amides is 1. The van der Waals surface area contributed by atoms with Gasteiger partial charge in [-0.1, -0.05) is 5.92 Å². The van der Waals surface area contributed by atoms with Gasteiger partial charge in [0.05, 0.1) is 6.54 Å². The molecule has 4 nitrogen and oxygen atoms in total. The Hall–Kier alpha value is -2.30. The predicted molar refractivity (Wildman–Crippen MR) is 64.6 cm³/mol. The number of nitrogens with zero attached hydrogens (tertiary/aromatic N) is 1. The van der Waals surface area contributed by atoms with Gasteiger partial charge in [-0.3, -0.25) is 4.79 Å². The molecule has 1 aromatic carbocycles. The van der Waals surface area contributed by atoms with E-state index in [0.717, 1.165) is 24.2 Å². The van der Waals surface area contributed by atoms with Crippen LogP contribution in [0.4, 0.5) is 5.69 Å². The van der Waals surface area contributed by atoms with E-state index in [4.69, 9.17) is 5.26 Å². The fourth-order valence-corrected chi connectivity index (χ4v) is 1.25. The number of hydrogen-bond donors (Lipinski definition) is 2. The number of nitrogens with one attached hydrogen (secondary N) is 1. The molecule has 0 radical (unpaired) electrons. The number of benzene rings is 1. The molecule has 0 heterocycles. The van der Waals surface area contributed by atoms with Crippen LogP contribution < -0.4 is 11.1 Å². The Kier molecular flexibility index (Phi) is 5.30. The first-order valence-electron chi connectivity index (χ1n) is 5.35. The van der Waals surface area contributed by atoms with Crippen molar-refractivity contribution in [3.05, 3.63) is 29.8 Å². The van der Waals surface area contributed by atoms with Crippen LogP contribution in [-0.2, 0) is 4.79 Å². The number of anilines is 1. The summed E-state index contributed by atoms with van der Waals surface area (Å²) in [5.41, 5.74) is 5.17. The van der Waals surface area contributed by atoms with Crippen molar-refractivity contribution in [2.75, 3.05) is 11.9 Å². The molecule has 0 saturated heterocycles. The van der Waals surface area contributed by atoms with Crippen molar-refractivity contribution in [3.63, 3.8) is 0 Å². The molecule has 0 fully saturated rings. The molecule has 0 spiro atoms. The fourth-order valence-electron chi connectivity index (χ4n) is 1.25. The van der Waals surface area contributed by atoms with Gasteiger partial charge in [-0.25, -0.2) is 0 Å². The van der Waals surface area contributed by atoms with Gasteiger partial charge in [0, 0.05) is 30.0 Å². The van der Waals surface area contributed by atoms with Crippen LogP contribution in [0.25, 0.3) is 0 Å². The first-order valence-corrected chi connectivity index (χ1v) is 5.35. The summed E-state index contributed by atoms with van der Waals surface area (Å²) in [4.78, 5) is 11.4. The minimum Gasteiger partial charge on any atom is -0.358 e. The largest absolute Gasteiger partial charge is 0.358 e. The van der Waals surface area contributed by atoms with Crippen LogP contribution in [0.5, 0.6) is 0 Å². The molecule has 86 valence electrons. The van der Waals surface area contributed by atoms with E-state index in [2.05, 4.69) is 22.9 Å². The van der Waals surface area contributed by atoms with Crippen molar-refractivity contribution < 1.29 is 10.5 Å². The van der Waals surface area contributed by atoms with E-state index in [0.29, 0.717) is 6.42 Å². The van der Waals surface area contributed by atoms with Crippen LogP contribution in [0.15, 0.2) is 24.3 Å². The summed E-state index contributed by atoms with van der Waals surface area (Å²) in [6.45, 7) is 0.760. The number of quaternary nitrogens is 1. The highest BCUT2D eigenvalue weighted by Crippen LogP contribution is 2.09. The molecule has 1 amide bonds. The molecule has 1 rings (SSSR count). The third-order valence-corrected chi connectivity index (χ3v) is 2.09. The lowest BCUT2D eigenvalue weighted by Gasteiger charge is -2.03. The van der Waals surface area contributed by atoms with E-state index >= 15 is 0 Å². The highest BCUT2D eigenvalue weighted by Gasteiger charge is 2.01. The van der Waals surface area contributed by atoms with Gasteiger partial charge in [-0.05, 0) is 24.3 Å². The van der Waals surface area contributed by atoms with Crippen molar-refractivity contribution in [3.8, 4) is 17.9 Å². The van der Waals surface area contributed by atoms with Gasteiger partial charge in [0.15, 0.2) is 6.07 Å². The van der Waals surface area contributed by atoms with Gasteiger partial charge in [-0.15, -0.1) is 0 Å². The van der Waals surface area contributed by atoms with Crippen LogP contribution in [0, 0.1) is 23.2 Å². The van der Waals surface area contributed by atoms with Gasteiger partial charge < -0.3 is 11.1 Å². The lowest BCUT2D eigenvalue weighted by Crippen LogP contribution is -2.50. The third-order valence-electron chi connectivity index (χ3n) is 2.09. The van der Waals surface area contributed by atoms with E-state index in [1.807, 2.05) is 0 Å². The number of nitriles is 1. The first kappa shape index (κ1) is 12.8. The molecule has 4 N–H and O–H groups in total. The third kappa shape index (κ3) is 4.83. The first-order chi connectivity index (χ1) is 8.26. The Labute approximate surface area is 100 Å². The molecule has 0 aromatic heterocycles. The molecular formula is C13H14N3O+. The van der Waals surface area contributed by atoms with Crippen molar-refractivity contribution in [1.29, 1.82) is 5.26 Å². The standard InChI is InChI=1S/C13H13N3O/c14-9-1-3-11-5-7-12(8-6-11)16-13(17)4-2-10-15/h5-8H,2,4,10,15H2,(H,16,17)/p+1. The molecule has 0 aliphatic rings. The normalized spacial score (nSPS) is 8.71. The minimum absolute atomic E-state index is 0.00971.